The molecule has 3 amide bonds. The average molecular weight is 315 g/mol. The number of amides is 3. The van der Waals surface area contributed by atoms with Crippen LogP contribution in [0.4, 0.5) is 4.79 Å². The molecule has 22 heavy (non-hydrogen) atoms. The Kier molecular flexibility index (Phi) is 7.65. The van der Waals surface area contributed by atoms with Gasteiger partial charge in [-0.2, -0.15) is 0 Å². The Bertz CT molecular complexity index is 402. The third kappa shape index (κ3) is 5.88. The molecule has 0 aromatic rings. The van der Waals surface area contributed by atoms with Gasteiger partial charge in [0.05, 0.1) is 12.6 Å². The van der Waals surface area contributed by atoms with Crippen LogP contribution < -0.4 is 16.4 Å². The number of aliphatic hydroxyl groups excluding tert-OH is 1. The topological polar surface area (TPSA) is 131 Å². The van der Waals surface area contributed by atoms with E-state index < -0.39 is 24.1 Å². The predicted molar refractivity (Wildman–Crippen MR) is 78.7 cm³/mol. The number of carbonyl (C=O) groups is 3. The number of nitrogens with one attached hydrogen (secondary N) is 2. The fraction of sp³-hybridized carbons (Fsp3) is 0.786. The molecule has 3 atom stereocenters. The van der Waals surface area contributed by atoms with Crippen molar-refractivity contribution in [1.29, 1.82) is 0 Å². The number of ether oxygens (including phenoxy) is 1. The normalized spacial score (nSPS) is 20.1. The van der Waals surface area contributed by atoms with Gasteiger partial charge < -0.3 is 26.2 Å². The first kappa shape index (κ1) is 18.2. The fourth-order valence-corrected chi connectivity index (χ4v) is 2.46. The SMILES string of the molecule is CCCC[C@H](OC(N)=O)C(=O)N[C@H](CO)C[C@@H]1CCNC1=O. The molecule has 1 heterocycles. The number of hydrogen-bond acceptors (Lipinski definition) is 5. The third-order valence-corrected chi connectivity index (χ3v) is 3.67. The number of aliphatic hydroxyl groups is 1. The molecule has 0 bridgehead atoms. The summed E-state index contributed by atoms with van der Waals surface area (Å²) >= 11 is 0. The van der Waals surface area contributed by atoms with E-state index in [1.807, 2.05) is 6.92 Å². The second-order valence-electron chi connectivity index (χ2n) is 5.47. The minimum Gasteiger partial charge on any atom is -0.436 e. The molecule has 1 fully saturated rings. The van der Waals surface area contributed by atoms with Crippen LogP contribution >= 0.6 is 0 Å². The van der Waals surface area contributed by atoms with Crippen molar-refractivity contribution in [3.8, 4) is 0 Å². The van der Waals surface area contributed by atoms with Gasteiger partial charge in [0, 0.05) is 12.5 Å². The Morgan fingerprint density at radius 3 is 2.77 bits per heavy atom. The van der Waals surface area contributed by atoms with Crippen LogP contribution in [-0.4, -0.2) is 48.3 Å². The number of hydrogen-bond donors (Lipinski definition) is 4. The van der Waals surface area contributed by atoms with Crippen molar-refractivity contribution in [2.45, 2.75) is 51.2 Å². The maximum atomic E-state index is 12.2. The van der Waals surface area contributed by atoms with Crippen LogP contribution in [0.5, 0.6) is 0 Å². The van der Waals surface area contributed by atoms with Gasteiger partial charge in [-0.1, -0.05) is 13.3 Å². The van der Waals surface area contributed by atoms with Crippen molar-refractivity contribution in [3.05, 3.63) is 0 Å². The largest absolute Gasteiger partial charge is 0.436 e. The summed E-state index contributed by atoms with van der Waals surface area (Å²) < 4.78 is 4.82. The zero-order valence-corrected chi connectivity index (χ0v) is 12.8. The number of primary amides is 1. The maximum Gasteiger partial charge on any atom is 0.405 e. The lowest BCUT2D eigenvalue weighted by molar-refractivity contribution is -0.131. The second kappa shape index (κ2) is 9.24. The average Bonchev–Trinajstić information content (AvgIpc) is 2.87. The van der Waals surface area contributed by atoms with E-state index in [0.717, 1.165) is 6.42 Å². The molecule has 0 aromatic carbocycles. The Balaban J connectivity index is 2.55. The summed E-state index contributed by atoms with van der Waals surface area (Å²) in [6.45, 7) is 2.28. The van der Waals surface area contributed by atoms with Gasteiger partial charge in [0.25, 0.3) is 5.91 Å². The highest BCUT2D eigenvalue weighted by Crippen LogP contribution is 2.16. The molecule has 0 radical (unpaired) electrons. The molecule has 126 valence electrons. The van der Waals surface area contributed by atoms with E-state index in [4.69, 9.17) is 10.5 Å². The van der Waals surface area contributed by atoms with Crippen molar-refractivity contribution in [2.75, 3.05) is 13.2 Å². The second-order valence-corrected chi connectivity index (χ2v) is 5.47. The van der Waals surface area contributed by atoms with E-state index >= 15 is 0 Å². The summed E-state index contributed by atoms with van der Waals surface area (Å²) in [5.74, 6) is -0.781. The fourth-order valence-electron chi connectivity index (χ4n) is 2.46. The molecule has 1 rings (SSSR count). The highest BCUT2D eigenvalue weighted by atomic mass is 16.6. The lowest BCUT2D eigenvalue weighted by Gasteiger charge is -2.22. The van der Waals surface area contributed by atoms with Crippen molar-refractivity contribution in [3.63, 3.8) is 0 Å². The molecule has 8 heteroatoms. The molecule has 0 spiro atoms. The number of unbranched alkanes of at least 4 members (excludes halogenated alkanes) is 1. The maximum absolute atomic E-state index is 12.2. The molecule has 0 saturated carbocycles. The highest BCUT2D eigenvalue weighted by Gasteiger charge is 2.29. The summed E-state index contributed by atoms with van der Waals surface area (Å²) in [7, 11) is 0. The van der Waals surface area contributed by atoms with Crippen molar-refractivity contribution in [2.24, 2.45) is 11.7 Å². The van der Waals surface area contributed by atoms with Gasteiger partial charge in [0.2, 0.25) is 5.91 Å². The quantitative estimate of drug-likeness (QED) is 0.461. The minimum absolute atomic E-state index is 0.0661. The molecule has 8 nitrogen and oxygen atoms in total. The smallest absolute Gasteiger partial charge is 0.405 e. The molecule has 0 aromatic heterocycles. The van der Waals surface area contributed by atoms with E-state index in [-0.39, 0.29) is 18.4 Å². The van der Waals surface area contributed by atoms with E-state index in [9.17, 15) is 19.5 Å². The molecular weight excluding hydrogens is 290 g/mol. The predicted octanol–water partition coefficient (Wildman–Crippen LogP) is -0.356. The zero-order valence-electron chi connectivity index (χ0n) is 12.8. The van der Waals surface area contributed by atoms with Crippen molar-refractivity contribution >= 4 is 17.9 Å². The van der Waals surface area contributed by atoms with Gasteiger partial charge in [-0.25, -0.2) is 4.79 Å². The van der Waals surface area contributed by atoms with Crippen LogP contribution in [0, 0.1) is 5.92 Å². The Labute approximate surface area is 129 Å². The van der Waals surface area contributed by atoms with Crippen LogP contribution in [0.25, 0.3) is 0 Å². The highest BCUT2D eigenvalue weighted by molar-refractivity contribution is 5.84. The van der Waals surface area contributed by atoms with E-state index in [1.54, 1.807) is 0 Å². The Morgan fingerprint density at radius 2 is 2.27 bits per heavy atom. The van der Waals surface area contributed by atoms with Gasteiger partial charge in [-0.05, 0) is 25.7 Å². The summed E-state index contributed by atoms with van der Waals surface area (Å²) in [6.07, 6.45) is 0.981. The van der Waals surface area contributed by atoms with Gasteiger partial charge >= 0.3 is 6.09 Å². The van der Waals surface area contributed by atoms with E-state index in [2.05, 4.69) is 10.6 Å². The van der Waals surface area contributed by atoms with Crippen LogP contribution in [0.15, 0.2) is 0 Å². The molecule has 1 aliphatic heterocycles. The lowest BCUT2D eigenvalue weighted by Crippen LogP contribution is -2.46. The molecule has 0 aliphatic carbocycles. The van der Waals surface area contributed by atoms with E-state index in [0.29, 0.717) is 32.2 Å². The van der Waals surface area contributed by atoms with Gasteiger partial charge in [-0.15, -0.1) is 0 Å². The third-order valence-electron chi connectivity index (χ3n) is 3.67. The van der Waals surface area contributed by atoms with Crippen molar-refractivity contribution < 1.29 is 24.2 Å². The summed E-state index contributed by atoms with van der Waals surface area (Å²) in [4.78, 5) is 34.6. The molecule has 1 saturated heterocycles. The summed E-state index contributed by atoms with van der Waals surface area (Å²) in [5.41, 5.74) is 4.97. The first-order valence-electron chi connectivity index (χ1n) is 7.63. The van der Waals surface area contributed by atoms with E-state index in [1.165, 1.54) is 0 Å². The number of carbonyl (C=O) groups excluding carboxylic acids is 3. The van der Waals surface area contributed by atoms with Crippen LogP contribution in [0.3, 0.4) is 0 Å². The molecule has 1 aliphatic rings. The number of nitrogens with two attached hydrogens (primary N) is 1. The Hall–Kier alpha value is -1.83. The standard InChI is InChI=1S/C14H25N3O5/c1-2-3-4-11(22-14(15)21)13(20)17-10(8-18)7-9-5-6-16-12(9)19/h9-11,18H,2-8H2,1H3,(H2,15,21)(H,16,19)(H,17,20)/t9-,10-,11-/m0/s1. The zero-order chi connectivity index (χ0) is 16.5. The molecule has 0 unspecified atom stereocenters. The molecule has 5 N–H and O–H groups in total. The molecular formula is C14H25N3O5. The minimum atomic E-state index is -1.01. The lowest BCUT2D eigenvalue weighted by atomic mass is 9.98. The van der Waals surface area contributed by atoms with Crippen LogP contribution in [0.2, 0.25) is 0 Å². The van der Waals surface area contributed by atoms with Crippen molar-refractivity contribution in [1.82, 2.24) is 10.6 Å². The summed E-state index contributed by atoms with van der Waals surface area (Å²) in [6, 6.07) is -0.554. The van der Waals surface area contributed by atoms with Crippen LogP contribution in [-0.2, 0) is 14.3 Å². The van der Waals surface area contributed by atoms with Gasteiger partial charge in [0.1, 0.15) is 0 Å². The Morgan fingerprint density at radius 1 is 1.55 bits per heavy atom. The summed E-state index contributed by atoms with van der Waals surface area (Å²) in [5, 5.41) is 14.7. The monoisotopic (exact) mass is 315 g/mol. The first-order chi connectivity index (χ1) is 10.5. The van der Waals surface area contributed by atoms with Gasteiger partial charge in [-0.3, -0.25) is 9.59 Å². The van der Waals surface area contributed by atoms with Gasteiger partial charge in [0.15, 0.2) is 6.10 Å². The van der Waals surface area contributed by atoms with Crippen LogP contribution in [0.1, 0.15) is 39.0 Å². The first-order valence-corrected chi connectivity index (χ1v) is 7.63. The number of rotatable bonds is 9.